The number of halogens is 2. The molecule has 0 heterocycles. The highest BCUT2D eigenvalue weighted by molar-refractivity contribution is 7.99. The van der Waals surface area contributed by atoms with Crippen LogP contribution in [0.5, 0.6) is 0 Å². The first-order valence-electron chi connectivity index (χ1n) is 6.84. The molecule has 2 rings (SSSR count). The zero-order valence-corrected chi connectivity index (χ0v) is 14.6. The van der Waals surface area contributed by atoms with Crippen molar-refractivity contribution in [3.63, 3.8) is 0 Å². The lowest BCUT2D eigenvalue weighted by Gasteiger charge is -2.20. The quantitative estimate of drug-likeness (QED) is 0.695. The van der Waals surface area contributed by atoms with E-state index in [0.717, 1.165) is 27.9 Å². The molecule has 0 aromatic heterocycles. The van der Waals surface area contributed by atoms with Crippen molar-refractivity contribution in [2.45, 2.75) is 5.25 Å². The summed E-state index contributed by atoms with van der Waals surface area (Å²) in [6.45, 7) is 1.04. The van der Waals surface area contributed by atoms with Crippen LogP contribution in [0, 0.1) is 0 Å². The molecule has 4 heteroatoms. The minimum absolute atomic E-state index is 0.232. The molecule has 0 fully saturated rings. The van der Waals surface area contributed by atoms with E-state index in [0.29, 0.717) is 0 Å². The summed E-state index contributed by atoms with van der Waals surface area (Å²) < 4.78 is 0. The van der Waals surface area contributed by atoms with Crippen molar-refractivity contribution in [1.29, 1.82) is 0 Å². The summed E-state index contributed by atoms with van der Waals surface area (Å²) in [5, 5.41) is 1.81. The fourth-order valence-electron chi connectivity index (χ4n) is 2.04. The van der Waals surface area contributed by atoms with Crippen molar-refractivity contribution in [1.82, 2.24) is 4.90 Å². The van der Waals surface area contributed by atoms with E-state index in [4.69, 9.17) is 23.2 Å². The Labute approximate surface area is 141 Å². The van der Waals surface area contributed by atoms with Gasteiger partial charge in [-0.05, 0) is 43.4 Å². The number of benzene rings is 2. The van der Waals surface area contributed by atoms with Gasteiger partial charge < -0.3 is 4.90 Å². The molecule has 1 atom stereocenters. The minimum atomic E-state index is 0.232. The molecular weight excluding hydrogens is 321 g/mol. The Kier molecular flexibility index (Phi) is 6.43. The molecule has 2 aromatic rings. The molecule has 0 N–H and O–H groups in total. The predicted octanol–water partition coefficient (Wildman–Crippen LogP) is 5.38. The van der Waals surface area contributed by atoms with Crippen LogP contribution < -0.4 is 0 Å². The van der Waals surface area contributed by atoms with E-state index >= 15 is 0 Å². The molecule has 0 aliphatic carbocycles. The molecule has 0 saturated heterocycles. The van der Waals surface area contributed by atoms with Gasteiger partial charge in [0.15, 0.2) is 0 Å². The maximum Gasteiger partial charge on any atom is 0.0561 e. The first-order valence-corrected chi connectivity index (χ1v) is 8.64. The number of nitrogens with zero attached hydrogens (tertiary/aromatic N) is 1. The fraction of sp³-hybridized carbons (Fsp3) is 0.294. The van der Waals surface area contributed by atoms with E-state index in [1.165, 1.54) is 5.56 Å². The van der Waals surface area contributed by atoms with Gasteiger partial charge in [-0.15, -0.1) is 11.8 Å². The van der Waals surface area contributed by atoms with Crippen molar-refractivity contribution in [3.8, 4) is 0 Å². The Bertz CT molecular complexity index is 569. The molecular formula is C17H19Cl2NS. The zero-order chi connectivity index (χ0) is 15.2. The largest absolute Gasteiger partial charge is 0.309 e. The number of hydrogen-bond donors (Lipinski definition) is 0. The van der Waals surface area contributed by atoms with Crippen LogP contribution in [0.1, 0.15) is 16.4 Å². The van der Waals surface area contributed by atoms with Crippen LogP contribution in [0.4, 0.5) is 0 Å². The van der Waals surface area contributed by atoms with Crippen LogP contribution in [-0.2, 0) is 0 Å². The van der Waals surface area contributed by atoms with Gasteiger partial charge in [-0.1, -0.05) is 53.5 Å². The second-order valence-corrected chi connectivity index (χ2v) is 7.18. The predicted molar refractivity (Wildman–Crippen MR) is 95.8 cm³/mol. The summed E-state index contributed by atoms with van der Waals surface area (Å²) in [5.74, 6) is 1.05. The van der Waals surface area contributed by atoms with Crippen molar-refractivity contribution >= 4 is 35.0 Å². The minimum Gasteiger partial charge on any atom is -0.309 e. The fourth-order valence-corrected chi connectivity index (χ4v) is 3.92. The number of rotatable bonds is 6. The van der Waals surface area contributed by atoms with E-state index in [2.05, 4.69) is 37.2 Å². The average molecular weight is 340 g/mol. The number of hydrogen-bond acceptors (Lipinski definition) is 2. The molecule has 0 spiro atoms. The monoisotopic (exact) mass is 339 g/mol. The summed E-state index contributed by atoms with van der Waals surface area (Å²) >= 11 is 14.3. The van der Waals surface area contributed by atoms with Gasteiger partial charge in [-0.2, -0.15) is 0 Å². The summed E-state index contributed by atoms with van der Waals surface area (Å²) in [6, 6.07) is 16.1. The standard InChI is InChI=1S/C17H19Cl2NS/c1-20(2)11-12-21-17(13-7-9-14(18)10-8-13)15-5-3-4-6-16(15)19/h3-10,17H,11-12H2,1-2H3. The maximum absolute atomic E-state index is 6.39. The molecule has 1 unspecified atom stereocenters. The molecule has 2 aromatic carbocycles. The van der Waals surface area contributed by atoms with Gasteiger partial charge in [-0.3, -0.25) is 0 Å². The highest BCUT2D eigenvalue weighted by Crippen LogP contribution is 2.39. The Morgan fingerprint density at radius 3 is 2.29 bits per heavy atom. The SMILES string of the molecule is CN(C)CCSC(c1ccc(Cl)cc1)c1ccccc1Cl. The third-order valence-electron chi connectivity index (χ3n) is 3.18. The Morgan fingerprint density at radius 2 is 1.67 bits per heavy atom. The summed E-state index contributed by atoms with van der Waals surface area (Å²) in [5.41, 5.74) is 2.39. The first kappa shape index (κ1) is 16.7. The summed E-state index contributed by atoms with van der Waals surface area (Å²) in [7, 11) is 4.18. The van der Waals surface area contributed by atoms with Crippen molar-refractivity contribution < 1.29 is 0 Å². The van der Waals surface area contributed by atoms with Gasteiger partial charge in [0.1, 0.15) is 0 Å². The highest BCUT2D eigenvalue weighted by Gasteiger charge is 2.17. The normalized spacial score (nSPS) is 12.6. The highest BCUT2D eigenvalue weighted by atomic mass is 35.5. The molecule has 0 radical (unpaired) electrons. The Hall–Kier alpha value is -0.670. The average Bonchev–Trinajstić information content (AvgIpc) is 2.46. The van der Waals surface area contributed by atoms with Gasteiger partial charge in [0.25, 0.3) is 0 Å². The second kappa shape index (κ2) is 8.09. The molecule has 0 aliphatic rings. The van der Waals surface area contributed by atoms with Gasteiger partial charge in [0.05, 0.1) is 5.25 Å². The third-order valence-corrected chi connectivity index (χ3v) is 5.06. The number of thioether (sulfide) groups is 1. The van der Waals surface area contributed by atoms with Crippen molar-refractivity contribution in [2.24, 2.45) is 0 Å². The molecule has 112 valence electrons. The molecule has 1 nitrogen and oxygen atoms in total. The van der Waals surface area contributed by atoms with Crippen LogP contribution in [-0.4, -0.2) is 31.3 Å². The van der Waals surface area contributed by atoms with Gasteiger partial charge in [-0.25, -0.2) is 0 Å². The van der Waals surface area contributed by atoms with E-state index < -0.39 is 0 Å². The van der Waals surface area contributed by atoms with E-state index in [1.54, 1.807) is 0 Å². The van der Waals surface area contributed by atoms with E-state index in [1.807, 2.05) is 42.1 Å². The van der Waals surface area contributed by atoms with Crippen LogP contribution in [0.25, 0.3) is 0 Å². The lowest BCUT2D eigenvalue weighted by atomic mass is 10.0. The van der Waals surface area contributed by atoms with E-state index in [9.17, 15) is 0 Å². The molecule has 0 aliphatic heterocycles. The molecule has 21 heavy (non-hydrogen) atoms. The van der Waals surface area contributed by atoms with Crippen LogP contribution in [0.3, 0.4) is 0 Å². The van der Waals surface area contributed by atoms with Crippen LogP contribution in [0.2, 0.25) is 10.0 Å². The summed E-state index contributed by atoms with van der Waals surface area (Å²) in [6.07, 6.45) is 0. The topological polar surface area (TPSA) is 3.24 Å². The molecule has 0 amide bonds. The zero-order valence-electron chi connectivity index (χ0n) is 12.2. The first-order chi connectivity index (χ1) is 10.1. The lowest BCUT2D eigenvalue weighted by molar-refractivity contribution is 0.437. The van der Waals surface area contributed by atoms with Gasteiger partial charge >= 0.3 is 0 Å². The van der Waals surface area contributed by atoms with Crippen molar-refractivity contribution in [3.05, 3.63) is 69.7 Å². The van der Waals surface area contributed by atoms with Gasteiger partial charge in [0, 0.05) is 22.3 Å². The summed E-state index contributed by atoms with van der Waals surface area (Å²) in [4.78, 5) is 2.19. The van der Waals surface area contributed by atoms with Crippen molar-refractivity contribution in [2.75, 3.05) is 26.4 Å². The Morgan fingerprint density at radius 1 is 1.00 bits per heavy atom. The van der Waals surface area contributed by atoms with Crippen LogP contribution >= 0.6 is 35.0 Å². The van der Waals surface area contributed by atoms with E-state index in [-0.39, 0.29) is 5.25 Å². The lowest BCUT2D eigenvalue weighted by Crippen LogP contribution is -2.15. The van der Waals surface area contributed by atoms with Gasteiger partial charge in [0.2, 0.25) is 0 Å². The smallest absolute Gasteiger partial charge is 0.0561 e. The second-order valence-electron chi connectivity index (χ2n) is 5.13. The maximum atomic E-state index is 6.39. The van der Waals surface area contributed by atoms with Crippen LogP contribution in [0.15, 0.2) is 48.5 Å². The molecule has 0 bridgehead atoms. The third kappa shape index (κ3) is 4.93. The Balaban J connectivity index is 2.26. The molecule has 0 saturated carbocycles.